The average Bonchev–Trinajstić information content (AvgIpc) is 2.60. The first kappa shape index (κ1) is 11.0. The van der Waals surface area contributed by atoms with Gasteiger partial charge in [-0.15, -0.1) is 0 Å². The molecule has 0 radical (unpaired) electrons. The number of aromatic nitrogens is 4. The van der Waals surface area contributed by atoms with Crippen molar-refractivity contribution in [2.24, 2.45) is 0 Å². The monoisotopic (exact) mass is 236 g/mol. The number of aryl methyl sites for hydroxylation is 2. The number of pyridine rings is 1. The molecule has 0 amide bonds. The molecule has 0 aliphatic heterocycles. The topological polar surface area (TPSA) is 66.7 Å². The number of rotatable bonds is 2. The van der Waals surface area contributed by atoms with Crippen molar-refractivity contribution in [3.05, 3.63) is 34.1 Å². The molecular weight excluding hydrogens is 224 g/mol. The predicted molar refractivity (Wildman–Crippen MR) is 61.9 cm³/mol. The molecular formula is C10H12N4OS. The number of aliphatic hydroxyl groups excluding tert-OH is 1. The van der Waals surface area contributed by atoms with E-state index in [1.807, 2.05) is 26.0 Å². The van der Waals surface area contributed by atoms with Gasteiger partial charge in [-0.3, -0.25) is 14.6 Å². The number of hydrogen-bond acceptors (Lipinski definition) is 4. The molecule has 0 bridgehead atoms. The van der Waals surface area contributed by atoms with Crippen LogP contribution in [0.4, 0.5) is 0 Å². The van der Waals surface area contributed by atoms with Gasteiger partial charge < -0.3 is 5.11 Å². The van der Waals surface area contributed by atoms with E-state index in [0.29, 0.717) is 10.6 Å². The van der Waals surface area contributed by atoms with Crippen LogP contribution in [0.3, 0.4) is 0 Å². The zero-order chi connectivity index (χ0) is 11.7. The highest BCUT2D eigenvalue weighted by Gasteiger charge is 2.09. The van der Waals surface area contributed by atoms with Crippen molar-refractivity contribution < 1.29 is 5.11 Å². The number of nitrogens with one attached hydrogen (secondary N) is 1. The maximum atomic E-state index is 9.17. The zero-order valence-corrected chi connectivity index (χ0v) is 9.88. The molecule has 5 nitrogen and oxygen atoms in total. The van der Waals surface area contributed by atoms with E-state index < -0.39 is 0 Å². The highest BCUT2D eigenvalue weighted by molar-refractivity contribution is 7.71. The second-order valence-corrected chi connectivity index (χ2v) is 3.88. The fraction of sp³-hybridized carbons (Fsp3) is 0.300. The van der Waals surface area contributed by atoms with E-state index in [1.54, 1.807) is 4.57 Å². The van der Waals surface area contributed by atoms with Gasteiger partial charge in [-0.25, -0.2) is 0 Å². The van der Waals surface area contributed by atoms with Gasteiger partial charge in [0.15, 0.2) is 10.6 Å². The van der Waals surface area contributed by atoms with Gasteiger partial charge in [-0.2, -0.15) is 5.10 Å². The number of hydrogen-bond donors (Lipinski definition) is 2. The lowest BCUT2D eigenvalue weighted by molar-refractivity contribution is 0.268. The first-order valence-corrected chi connectivity index (χ1v) is 5.26. The maximum absolute atomic E-state index is 9.17. The number of aliphatic hydroxyl groups is 1. The first-order valence-electron chi connectivity index (χ1n) is 4.85. The van der Waals surface area contributed by atoms with E-state index in [2.05, 4.69) is 15.2 Å². The Labute approximate surface area is 97.8 Å². The SMILES string of the molecule is Cc1ccc(-n2c(CO)n[nH]c2=S)c(C)n1. The quantitative estimate of drug-likeness (QED) is 0.774. The Hall–Kier alpha value is -1.53. The molecule has 0 unspecified atom stereocenters. The molecule has 2 N–H and O–H groups in total. The van der Waals surface area contributed by atoms with E-state index in [4.69, 9.17) is 17.3 Å². The maximum Gasteiger partial charge on any atom is 0.199 e. The van der Waals surface area contributed by atoms with Crippen LogP contribution in [0.25, 0.3) is 5.69 Å². The Morgan fingerprint density at radius 2 is 2.19 bits per heavy atom. The molecule has 0 fully saturated rings. The summed E-state index contributed by atoms with van der Waals surface area (Å²) < 4.78 is 2.15. The summed E-state index contributed by atoms with van der Waals surface area (Å²) in [5, 5.41) is 15.8. The minimum absolute atomic E-state index is 0.166. The molecule has 2 aromatic heterocycles. The summed E-state index contributed by atoms with van der Waals surface area (Å²) in [6.07, 6.45) is 0. The molecule has 2 aromatic rings. The Bertz CT molecular complexity index is 572. The summed E-state index contributed by atoms with van der Waals surface area (Å²) in [7, 11) is 0. The molecule has 0 spiro atoms. The van der Waals surface area contributed by atoms with Gasteiger partial charge in [0, 0.05) is 5.69 Å². The third kappa shape index (κ3) is 1.77. The number of nitrogens with zero attached hydrogens (tertiary/aromatic N) is 3. The van der Waals surface area contributed by atoms with Crippen LogP contribution in [0.2, 0.25) is 0 Å². The van der Waals surface area contributed by atoms with Crippen LogP contribution >= 0.6 is 12.2 Å². The van der Waals surface area contributed by atoms with E-state index in [0.717, 1.165) is 17.1 Å². The van der Waals surface area contributed by atoms with Crippen molar-refractivity contribution in [2.45, 2.75) is 20.5 Å². The summed E-state index contributed by atoms with van der Waals surface area (Å²) in [4.78, 5) is 4.36. The van der Waals surface area contributed by atoms with Crippen LogP contribution in [0.15, 0.2) is 12.1 Å². The lowest BCUT2D eigenvalue weighted by atomic mass is 10.2. The second kappa shape index (κ2) is 4.15. The number of H-pyrrole nitrogens is 1. The number of aromatic amines is 1. The van der Waals surface area contributed by atoms with E-state index in [9.17, 15) is 0 Å². The third-order valence-corrected chi connectivity index (χ3v) is 2.60. The van der Waals surface area contributed by atoms with Crippen molar-refractivity contribution in [3.8, 4) is 5.69 Å². The lowest BCUT2D eigenvalue weighted by Crippen LogP contribution is -2.04. The van der Waals surface area contributed by atoms with Crippen molar-refractivity contribution in [3.63, 3.8) is 0 Å². The van der Waals surface area contributed by atoms with Gasteiger partial charge in [0.25, 0.3) is 0 Å². The Morgan fingerprint density at radius 1 is 1.44 bits per heavy atom. The van der Waals surface area contributed by atoms with Crippen molar-refractivity contribution in [1.29, 1.82) is 0 Å². The van der Waals surface area contributed by atoms with E-state index >= 15 is 0 Å². The Kier molecular flexibility index (Phi) is 2.84. The van der Waals surface area contributed by atoms with Gasteiger partial charge in [0.2, 0.25) is 0 Å². The van der Waals surface area contributed by atoms with E-state index in [1.165, 1.54) is 0 Å². The van der Waals surface area contributed by atoms with Gasteiger partial charge in [0.05, 0.1) is 11.4 Å². The molecule has 0 aliphatic rings. The van der Waals surface area contributed by atoms with Crippen LogP contribution in [-0.2, 0) is 6.61 Å². The first-order chi connectivity index (χ1) is 7.63. The highest BCUT2D eigenvalue weighted by atomic mass is 32.1. The van der Waals surface area contributed by atoms with Crippen LogP contribution in [0, 0.1) is 18.6 Å². The summed E-state index contributed by atoms with van der Waals surface area (Å²) in [6, 6.07) is 3.82. The summed E-state index contributed by atoms with van der Waals surface area (Å²) >= 11 is 5.12. The zero-order valence-electron chi connectivity index (χ0n) is 9.06. The standard InChI is InChI=1S/C10H12N4OS/c1-6-3-4-8(7(2)11-6)14-9(5-15)12-13-10(14)16/h3-4,15H,5H2,1-2H3,(H,13,16). The average molecular weight is 236 g/mol. The van der Waals surface area contributed by atoms with Gasteiger partial charge in [0.1, 0.15) is 6.61 Å². The molecule has 6 heteroatoms. The summed E-state index contributed by atoms with van der Waals surface area (Å²) in [5.74, 6) is 0.485. The minimum atomic E-state index is -0.166. The fourth-order valence-corrected chi connectivity index (χ4v) is 1.85. The van der Waals surface area contributed by atoms with Gasteiger partial charge >= 0.3 is 0 Å². The highest BCUT2D eigenvalue weighted by Crippen LogP contribution is 2.14. The Balaban J connectivity index is 2.67. The fourth-order valence-electron chi connectivity index (χ4n) is 1.60. The normalized spacial score (nSPS) is 10.7. The van der Waals surface area contributed by atoms with Crippen molar-refractivity contribution in [1.82, 2.24) is 19.7 Å². The predicted octanol–water partition coefficient (Wildman–Crippen LogP) is 1.43. The van der Waals surface area contributed by atoms with E-state index in [-0.39, 0.29) is 6.61 Å². The smallest absolute Gasteiger partial charge is 0.199 e. The third-order valence-electron chi connectivity index (χ3n) is 2.32. The molecule has 2 heterocycles. The molecule has 2 rings (SSSR count). The van der Waals surface area contributed by atoms with Crippen LogP contribution in [0.5, 0.6) is 0 Å². The molecule has 16 heavy (non-hydrogen) atoms. The molecule has 84 valence electrons. The Morgan fingerprint density at radius 3 is 2.81 bits per heavy atom. The molecule has 0 aliphatic carbocycles. The summed E-state index contributed by atoms with van der Waals surface area (Å²) in [5.41, 5.74) is 2.64. The molecule has 0 aromatic carbocycles. The second-order valence-electron chi connectivity index (χ2n) is 3.50. The largest absolute Gasteiger partial charge is 0.388 e. The summed E-state index contributed by atoms with van der Waals surface area (Å²) in [6.45, 7) is 3.66. The molecule has 0 saturated carbocycles. The minimum Gasteiger partial charge on any atom is -0.388 e. The van der Waals surface area contributed by atoms with Gasteiger partial charge in [-0.05, 0) is 38.2 Å². The van der Waals surface area contributed by atoms with Gasteiger partial charge in [-0.1, -0.05) is 0 Å². The van der Waals surface area contributed by atoms with Crippen molar-refractivity contribution >= 4 is 12.2 Å². The lowest BCUT2D eigenvalue weighted by Gasteiger charge is -2.08. The molecule has 0 saturated heterocycles. The van der Waals surface area contributed by atoms with Crippen LogP contribution in [0.1, 0.15) is 17.2 Å². The van der Waals surface area contributed by atoms with Crippen LogP contribution in [-0.4, -0.2) is 24.9 Å². The molecule has 0 atom stereocenters. The van der Waals surface area contributed by atoms with Crippen LogP contribution < -0.4 is 0 Å². The van der Waals surface area contributed by atoms with Crippen molar-refractivity contribution in [2.75, 3.05) is 0 Å².